The van der Waals surface area contributed by atoms with E-state index in [2.05, 4.69) is 11.4 Å². The van der Waals surface area contributed by atoms with Crippen LogP contribution < -0.4 is 5.32 Å². The van der Waals surface area contributed by atoms with Crippen molar-refractivity contribution in [3.05, 3.63) is 29.3 Å². The summed E-state index contributed by atoms with van der Waals surface area (Å²) in [5, 5.41) is 11.8. The monoisotopic (exact) mass is 268 g/mol. The number of halogens is 3. The Morgan fingerprint density at radius 1 is 1.37 bits per heavy atom. The fourth-order valence-corrected chi connectivity index (χ4v) is 2.03. The zero-order valence-corrected chi connectivity index (χ0v) is 10.6. The standard InChI is InChI=1S/C14H15F3N2/c1-10-2-3-11(14(15,16)17)8-12(10)19-9-13(4-5-13)6-7-18/h2-3,8,19H,4-6,9H2,1H3. The van der Waals surface area contributed by atoms with Crippen LogP contribution in [0.2, 0.25) is 0 Å². The molecule has 102 valence electrons. The molecule has 0 unspecified atom stereocenters. The number of nitrogens with one attached hydrogen (secondary N) is 1. The van der Waals surface area contributed by atoms with Gasteiger partial charge in [0.05, 0.1) is 11.6 Å². The van der Waals surface area contributed by atoms with Crippen LogP contribution in [0.1, 0.15) is 30.4 Å². The van der Waals surface area contributed by atoms with Gasteiger partial charge < -0.3 is 5.32 Å². The molecule has 0 aromatic heterocycles. The first-order valence-corrected chi connectivity index (χ1v) is 6.15. The Bertz CT molecular complexity index is 510. The Morgan fingerprint density at radius 2 is 2.05 bits per heavy atom. The van der Waals surface area contributed by atoms with Crippen molar-refractivity contribution < 1.29 is 13.2 Å². The van der Waals surface area contributed by atoms with E-state index in [1.54, 1.807) is 6.92 Å². The molecule has 0 saturated heterocycles. The number of nitrogens with zero attached hydrogens (tertiary/aromatic N) is 1. The van der Waals surface area contributed by atoms with Crippen LogP contribution in [-0.2, 0) is 6.18 Å². The quantitative estimate of drug-likeness (QED) is 0.891. The summed E-state index contributed by atoms with van der Waals surface area (Å²) in [7, 11) is 0. The van der Waals surface area contributed by atoms with Crippen molar-refractivity contribution in [1.29, 1.82) is 5.26 Å². The first-order valence-electron chi connectivity index (χ1n) is 6.15. The number of anilines is 1. The molecular formula is C14H15F3N2. The van der Waals surface area contributed by atoms with Gasteiger partial charge in [0.25, 0.3) is 0 Å². The van der Waals surface area contributed by atoms with Gasteiger partial charge in [-0.3, -0.25) is 0 Å². The highest BCUT2D eigenvalue weighted by atomic mass is 19.4. The summed E-state index contributed by atoms with van der Waals surface area (Å²) in [5.41, 5.74) is 0.598. The van der Waals surface area contributed by atoms with Crippen LogP contribution in [0.5, 0.6) is 0 Å². The molecule has 0 heterocycles. The minimum absolute atomic E-state index is 0.0323. The van der Waals surface area contributed by atoms with Gasteiger partial charge in [0, 0.05) is 24.1 Å². The van der Waals surface area contributed by atoms with E-state index in [-0.39, 0.29) is 5.41 Å². The normalized spacial score (nSPS) is 16.8. The summed E-state index contributed by atoms with van der Waals surface area (Å²) < 4.78 is 37.9. The van der Waals surface area contributed by atoms with E-state index in [9.17, 15) is 13.2 Å². The van der Waals surface area contributed by atoms with E-state index in [1.165, 1.54) is 6.07 Å². The molecule has 1 saturated carbocycles. The summed E-state index contributed by atoms with van der Waals surface area (Å²) in [5.74, 6) is 0. The van der Waals surface area contributed by atoms with Crippen molar-refractivity contribution >= 4 is 5.69 Å². The SMILES string of the molecule is Cc1ccc(C(F)(F)F)cc1NCC1(CC#N)CC1. The third kappa shape index (κ3) is 3.19. The van der Waals surface area contributed by atoms with E-state index >= 15 is 0 Å². The molecule has 1 N–H and O–H groups in total. The van der Waals surface area contributed by atoms with Crippen LogP contribution in [0.4, 0.5) is 18.9 Å². The van der Waals surface area contributed by atoms with Crippen LogP contribution >= 0.6 is 0 Å². The van der Waals surface area contributed by atoms with Gasteiger partial charge in [-0.25, -0.2) is 0 Å². The molecule has 0 spiro atoms. The lowest BCUT2D eigenvalue weighted by atomic mass is 10.0. The van der Waals surface area contributed by atoms with Crippen LogP contribution in [0, 0.1) is 23.7 Å². The lowest BCUT2D eigenvalue weighted by molar-refractivity contribution is -0.137. The Balaban J connectivity index is 2.10. The molecule has 1 aromatic rings. The summed E-state index contributed by atoms with van der Waals surface area (Å²) >= 11 is 0. The fraction of sp³-hybridized carbons (Fsp3) is 0.500. The third-order valence-corrected chi connectivity index (χ3v) is 3.63. The summed E-state index contributed by atoms with van der Waals surface area (Å²) in [6, 6.07) is 5.83. The van der Waals surface area contributed by atoms with Gasteiger partial charge in [0.1, 0.15) is 0 Å². The van der Waals surface area contributed by atoms with Crippen molar-refractivity contribution in [1.82, 2.24) is 0 Å². The fourth-order valence-electron chi connectivity index (χ4n) is 2.03. The number of rotatable bonds is 4. The number of aryl methyl sites for hydroxylation is 1. The Morgan fingerprint density at radius 3 is 2.58 bits per heavy atom. The van der Waals surface area contributed by atoms with E-state index in [4.69, 9.17) is 5.26 Å². The van der Waals surface area contributed by atoms with Gasteiger partial charge in [-0.05, 0) is 37.5 Å². The Labute approximate surface area is 110 Å². The minimum atomic E-state index is -4.33. The second kappa shape index (κ2) is 4.76. The number of benzene rings is 1. The maximum absolute atomic E-state index is 12.6. The maximum atomic E-state index is 12.6. The molecule has 1 aliphatic rings. The third-order valence-electron chi connectivity index (χ3n) is 3.63. The largest absolute Gasteiger partial charge is 0.416 e. The number of hydrogen-bond donors (Lipinski definition) is 1. The van der Waals surface area contributed by atoms with Gasteiger partial charge >= 0.3 is 6.18 Å². The van der Waals surface area contributed by atoms with Crippen molar-refractivity contribution in [2.45, 2.75) is 32.4 Å². The van der Waals surface area contributed by atoms with Crippen LogP contribution in [-0.4, -0.2) is 6.54 Å². The topological polar surface area (TPSA) is 35.8 Å². The molecule has 5 heteroatoms. The first kappa shape index (κ1) is 13.7. The highest BCUT2D eigenvalue weighted by molar-refractivity contribution is 5.53. The smallest absolute Gasteiger partial charge is 0.384 e. The van der Waals surface area contributed by atoms with Crippen LogP contribution in [0.25, 0.3) is 0 Å². The highest BCUT2D eigenvalue weighted by Crippen LogP contribution is 2.48. The molecule has 0 amide bonds. The maximum Gasteiger partial charge on any atom is 0.416 e. The molecule has 1 fully saturated rings. The zero-order valence-electron chi connectivity index (χ0n) is 10.6. The summed E-state index contributed by atoms with van der Waals surface area (Å²) in [6.45, 7) is 2.33. The second-order valence-corrected chi connectivity index (χ2v) is 5.22. The predicted octanol–water partition coefficient (Wildman–Crippen LogP) is 4.12. The van der Waals surface area contributed by atoms with E-state index in [1.807, 2.05) is 0 Å². The zero-order chi connectivity index (χ0) is 14.1. The Kier molecular flexibility index (Phi) is 3.44. The molecule has 19 heavy (non-hydrogen) atoms. The second-order valence-electron chi connectivity index (χ2n) is 5.22. The molecule has 0 aliphatic heterocycles. The van der Waals surface area contributed by atoms with Gasteiger partial charge in [-0.1, -0.05) is 6.07 Å². The minimum Gasteiger partial charge on any atom is -0.384 e. The molecule has 1 aliphatic carbocycles. The highest BCUT2D eigenvalue weighted by Gasteiger charge is 2.42. The van der Waals surface area contributed by atoms with Gasteiger partial charge in [0.2, 0.25) is 0 Å². The molecule has 0 radical (unpaired) electrons. The number of hydrogen-bond acceptors (Lipinski definition) is 2. The summed E-state index contributed by atoms with van der Waals surface area (Å²) in [4.78, 5) is 0. The van der Waals surface area contributed by atoms with Crippen molar-refractivity contribution in [3.63, 3.8) is 0 Å². The van der Waals surface area contributed by atoms with Gasteiger partial charge in [-0.15, -0.1) is 0 Å². The van der Waals surface area contributed by atoms with E-state index in [0.717, 1.165) is 30.5 Å². The average molecular weight is 268 g/mol. The van der Waals surface area contributed by atoms with Crippen LogP contribution in [0.15, 0.2) is 18.2 Å². The van der Waals surface area contributed by atoms with Gasteiger partial charge in [-0.2, -0.15) is 18.4 Å². The Hall–Kier alpha value is -1.70. The molecule has 0 bridgehead atoms. The molecule has 2 rings (SSSR count). The molecule has 0 atom stereocenters. The van der Waals surface area contributed by atoms with E-state index in [0.29, 0.717) is 18.7 Å². The van der Waals surface area contributed by atoms with Crippen molar-refractivity contribution in [3.8, 4) is 6.07 Å². The molecule has 2 nitrogen and oxygen atoms in total. The number of alkyl halides is 3. The lowest BCUT2D eigenvalue weighted by Gasteiger charge is -2.17. The van der Waals surface area contributed by atoms with E-state index < -0.39 is 11.7 Å². The van der Waals surface area contributed by atoms with Gasteiger partial charge in [0.15, 0.2) is 0 Å². The predicted molar refractivity (Wildman–Crippen MR) is 66.6 cm³/mol. The van der Waals surface area contributed by atoms with Crippen molar-refractivity contribution in [2.24, 2.45) is 5.41 Å². The number of nitriles is 1. The molecule has 1 aromatic carbocycles. The summed E-state index contributed by atoms with van der Waals surface area (Å²) in [6.07, 6.45) is -1.94. The van der Waals surface area contributed by atoms with Crippen LogP contribution in [0.3, 0.4) is 0 Å². The lowest BCUT2D eigenvalue weighted by Crippen LogP contribution is -2.16. The van der Waals surface area contributed by atoms with Crippen molar-refractivity contribution in [2.75, 3.05) is 11.9 Å². The molecular weight excluding hydrogens is 253 g/mol. The first-order chi connectivity index (χ1) is 8.86. The average Bonchev–Trinajstić information content (AvgIpc) is 3.07.